The van der Waals surface area contributed by atoms with E-state index < -0.39 is 0 Å². The van der Waals surface area contributed by atoms with Gasteiger partial charge in [0.15, 0.2) is 11.5 Å². The van der Waals surface area contributed by atoms with E-state index >= 15 is 0 Å². The van der Waals surface area contributed by atoms with Crippen molar-refractivity contribution in [2.75, 3.05) is 28.4 Å². The van der Waals surface area contributed by atoms with Gasteiger partial charge in [0, 0.05) is 23.5 Å². The van der Waals surface area contributed by atoms with Crippen LogP contribution in [0.25, 0.3) is 33.3 Å². The number of methoxy groups -OCH3 is 4. The smallest absolute Gasteiger partial charge is 0.203 e. The van der Waals surface area contributed by atoms with E-state index in [-0.39, 0.29) is 0 Å². The third-order valence-electron chi connectivity index (χ3n) is 5.42. The number of benzene rings is 3. The molecule has 4 aromatic rings. The van der Waals surface area contributed by atoms with E-state index in [1.165, 1.54) is 0 Å². The zero-order valence-corrected chi connectivity index (χ0v) is 17.9. The predicted octanol–water partition coefficient (Wildman–Crippen LogP) is 5.55. The first kappa shape index (κ1) is 19.7. The maximum absolute atomic E-state index is 5.61. The highest BCUT2D eigenvalue weighted by Crippen LogP contribution is 2.46. The van der Waals surface area contributed by atoms with Crippen molar-refractivity contribution < 1.29 is 18.9 Å². The number of aromatic nitrogens is 1. The molecule has 0 saturated heterocycles. The Kier molecular flexibility index (Phi) is 5.27. The van der Waals surface area contributed by atoms with Crippen molar-refractivity contribution in [2.24, 2.45) is 7.05 Å². The summed E-state index contributed by atoms with van der Waals surface area (Å²) in [6.07, 6.45) is 0. The molecule has 0 aliphatic heterocycles. The first-order valence-electron chi connectivity index (χ1n) is 9.65. The summed E-state index contributed by atoms with van der Waals surface area (Å²) < 4.78 is 24.3. The zero-order chi connectivity index (χ0) is 21.3. The van der Waals surface area contributed by atoms with Crippen LogP contribution in [0.3, 0.4) is 0 Å². The molecule has 30 heavy (non-hydrogen) atoms. The molecule has 0 N–H and O–H groups in total. The minimum Gasteiger partial charge on any atom is -0.497 e. The molecule has 1 heterocycles. The summed E-state index contributed by atoms with van der Waals surface area (Å²) in [5.41, 5.74) is 5.45. The standard InChI is InChI=1S/C25H25NO4/c1-26-20-9-7-6-8-19(20)23(24(26)16-10-12-18(27-2)13-11-16)17-14-21(28-3)25(30-5)22(15-17)29-4/h6-15H,1-5H3. The van der Waals surface area contributed by atoms with Crippen LogP contribution in [0.15, 0.2) is 60.7 Å². The van der Waals surface area contributed by atoms with Gasteiger partial charge in [-0.2, -0.15) is 0 Å². The minimum absolute atomic E-state index is 0.579. The molecule has 0 bridgehead atoms. The normalized spacial score (nSPS) is 10.8. The predicted molar refractivity (Wildman–Crippen MR) is 120 cm³/mol. The van der Waals surface area contributed by atoms with E-state index in [2.05, 4.69) is 48.0 Å². The summed E-state index contributed by atoms with van der Waals surface area (Å²) in [7, 11) is 8.64. The molecule has 0 saturated carbocycles. The van der Waals surface area contributed by atoms with Gasteiger partial charge in [0.1, 0.15) is 5.75 Å². The Labute approximate surface area is 176 Å². The van der Waals surface area contributed by atoms with Crippen LogP contribution in [0.2, 0.25) is 0 Å². The number of hydrogen-bond donors (Lipinski definition) is 0. The van der Waals surface area contributed by atoms with E-state index in [9.17, 15) is 0 Å². The van der Waals surface area contributed by atoms with Gasteiger partial charge in [0.2, 0.25) is 5.75 Å². The fourth-order valence-electron chi connectivity index (χ4n) is 4.00. The summed E-state index contributed by atoms with van der Waals surface area (Å²) in [6.45, 7) is 0. The summed E-state index contributed by atoms with van der Waals surface area (Å²) in [4.78, 5) is 0. The largest absolute Gasteiger partial charge is 0.497 e. The first-order chi connectivity index (χ1) is 14.6. The molecule has 154 valence electrons. The monoisotopic (exact) mass is 403 g/mol. The van der Waals surface area contributed by atoms with Crippen LogP contribution in [-0.4, -0.2) is 33.0 Å². The van der Waals surface area contributed by atoms with Gasteiger partial charge >= 0.3 is 0 Å². The summed E-state index contributed by atoms with van der Waals surface area (Å²) in [5.74, 6) is 2.66. The lowest BCUT2D eigenvalue weighted by molar-refractivity contribution is 0.324. The van der Waals surface area contributed by atoms with Crippen LogP contribution in [0.1, 0.15) is 0 Å². The molecule has 0 amide bonds. The minimum atomic E-state index is 0.579. The van der Waals surface area contributed by atoms with E-state index in [0.717, 1.165) is 39.0 Å². The van der Waals surface area contributed by atoms with Gasteiger partial charge in [-0.3, -0.25) is 0 Å². The Hall–Kier alpha value is -3.60. The van der Waals surface area contributed by atoms with Gasteiger partial charge in [0.05, 0.1) is 34.1 Å². The maximum Gasteiger partial charge on any atom is 0.203 e. The molecule has 5 heteroatoms. The molecule has 5 nitrogen and oxygen atoms in total. The van der Waals surface area contributed by atoms with Crippen molar-refractivity contribution in [2.45, 2.75) is 0 Å². The number of rotatable bonds is 6. The van der Waals surface area contributed by atoms with Crippen LogP contribution < -0.4 is 18.9 Å². The van der Waals surface area contributed by atoms with Crippen molar-refractivity contribution >= 4 is 10.9 Å². The Morgan fingerprint density at radius 1 is 0.667 bits per heavy atom. The third-order valence-corrected chi connectivity index (χ3v) is 5.42. The number of ether oxygens (including phenoxy) is 4. The van der Waals surface area contributed by atoms with E-state index in [1.807, 2.05) is 24.3 Å². The molecule has 3 aromatic carbocycles. The molecule has 0 spiro atoms. The van der Waals surface area contributed by atoms with Crippen LogP contribution in [-0.2, 0) is 7.05 Å². The Morgan fingerprint density at radius 2 is 1.30 bits per heavy atom. The number of nitrogens with zero attached hydrogens (tertiary/aromatic N) is 1. The molecule has 0 aliphatic rings. The highest BCUT2D eigenvalue weighted by Gasteiger charge is 2.21. The fraction of sp³-hybridized carbons (Fsp3) is 0.200. The first-order valence-corrected chi connectivity index (χ1v) is 9.65. The molecule has 4 rings (SSSR count). The second kappa shape index (κ2) is 8.03. The van der Waals surface area contributed by atoms with Crippen molar-refractivity contribution in [3.8, 4) is 45.4 Å². The van der Waals surface area contributed by atoms with E-state index in [4.69, 9.17) is 18.9 Å². The molecule has 1 aromatic heterocycles. The number of aryl methyl sites for hydroxylation is 1. The maximum atomic E-state index is 5.61. The number of hydrogen-bond acceptors (Lipinski definition) is 4. The van der Waals surface area contributed by atoms with Gasteiger partial charge in [-0.05, 0) is 53.6 Å². The van der Waals surface area contributed by atoms with Gasteiger partial charge in [-0.15, -0.1) is 0 Å². The molecule has 0 fully saturated rings. The Bertz CT molecular complexity index is 1170. The number of fused-ring (bicyclic) bond motifs is 1. The second-order valence-electron chi connectivity index (χ2n) is 6.94. The van der Waals surface area contributed by atoms with Crippen molar-refractivity contribution in [3.05, 3.63) is 60.7 Å². The topological polar surface area (TPSA) is 41.9 Å². The average molecular weight is 403 g/mol. The van der Waals surface area contributed by atoms with Gasteiger partial charge < -0.3 is 23.5 Å². The van der Waals surface area contributed by atoms with Crippen LogP contribution in [0, 0.1) is 0 Å². The fourth-order valence-corrected chi connectivity index (χ4v) is 4.00. The van der Waals surface area contributed by atoms with Crippen molar-refractivity contribution in [1.82, 2.24) is 4.57 Å². The van der Waals surface area contributed by atoms with Crippen molar-refractivity contribution in [3.63, 3.8) is 0 Å². The Balaban J connectivity index is 2.06. The van der Waals surface area contributed by atoms with Crippen LogP contribution in [0.4, 0.5) is 0 Å². The van der Waals surface area contributed by atoms with Gasteiger partial charge in [0.25, 0.3) is 0 Å². The van der Waals surface area contributed by atoms with E-state index in [1.54, 1.807) is 28.4 Å². The zero-order valence-electron chi connectivity index (χ0n) is 17.9. The molecular weight excluding hydrogens is 378 g/mol. The molecule has 0 unspecified atom stereocenters. The third kappa shape index (κ3) is 3.12. The quantitative estimate of drug-likeness (QED) is 0.423. The highest BCUT2D eigenvalue weighted by atomic mass is 16.5. The van der Waals surface area contributed by atoms with Crippen molar-refractivity contribution in [1.29, 1.82) is 0 Å². The summed E-state index contributed by atoms with van der Waals surface area (Å²) in [6, 6.07) is 20.5. The van der Waals surface area contributed by atoms with Gasteiger partial charge in [-0.1, -0.05) is 18.2 Å². The van der Waals surface area contributed by atoms with E-state index in [0.29, 0.717) is 17.2 Å². The van der Waals surface area contributed by atoms with Crippen LogP contribution in [0.5, 0.6) is 23.0 Å². The second-order valence-corrected chi connectivity index (χ2v) is 6.94. The summed E-state index contributed by atoms with van der Waals surface area (Å²) in [5, 5.41) is 1.15. The van der Waals surface area contributed by atoms with Gasteiger partial charge in [-0.25, -0.2) is 0 Å². The lowest BCUT2D eigenvalue weighted by atomic mass is 9.97. The molecule has 0 aliphatic carbocycles. The lowest BCUT2D eigenvalue weighted by Gasteiger charge is -2.15. The molecule has 0 atom stereocenters. The number of para-hydroxylation sites is 1. The lowest BCUT2D eigenvalue weighted by Crippen LogP contribution is -1.97. The molecular formula is C25H25NO4. The van der Waals surface area contributed by atoms with Crippen LogP contribution >= 0.6 is 0 Å². The highest BCUT2D eigenvalue weighted by molar-refractivity contribution is 6.05. The molecule has 0 radical (unpaired) electrons. The summed E-state index contributed by atoms with van der Waals surface area (Å²) >= 11 is 0. The SMILES string of the molecule is COc1ccc(-c2c(-c3cc(OC)c(OC)c(OC)c3)c3ccccc3n2C)cc1. The average Bonchev–Trinajstić information content (AvgIpc) is 3.10. The Morgan fingerprint density at radius 3 is 1.87 bits per heavy atom.